The van der Waals surface area contributed by atoms with Gasteiger partial charge in [0.05, 0.1) is 0 Å². The summed E-state index contributed by atoms with van der Waals surface area (Å²) in [4.78, 5) is 12.1. The number of unbranched alkanes of at least 4 members (excludes halogenated alkanes) is 1. The zero-order valence-corrected chi connectivity index (χ0v) is 18.0. The fraction of sp³-hybridized carbons (Fsp3) is 0.174. The van der Waals surface area contributed by atoms with Crippen LogP contribution >= 0.6 is 0 Å². The molecule has 0 atom stereocenters. The van der Waals surface area contributed by atoms with Crippen LogP contribution in [0.15, 0.2) is 83.8 Å². The van der Waals surface area contributed by atoms with E-state index < -0.39 is 16.1 Å². The second-order valence-corrected chi connectivity index (χ2v) is 8.36. The predicted octanol–water partition coefficient (Wildman–Crippen LogP) is 5.31. The summed E-state index contributed by atoms with van der Waals surface area (Å²) < 4.78 is 30.2. The third kappa shape index (κ3) is 6.75. The SMILES string of the molecule is CCCCNc1ccc(S(=O)(=O)Oc2ccc(NC(=O)Nc3ccccc3)cc2)cc1. The van der Waals surface area contributed by atoms with E-state index in [-0.39, 0.29) is 10.6 Å². The fourth-order valence-electron chi connectivity index (χ4n) is 2.73. The minimum atomic E-state index is -3.96. The highest BCUT2D eigenvalue weighted by atomic mass is 32.2. The van der Waals surface area contributed by atoms with Crippen molar-refractivity contribution in [1.29, 1.82) is 0 Å². The lowest BCUT2D eigenvalue weighted by Crippen LogP contribution is -2.19. The van der Waals surface area contributed by atoms with E-state index in [1.54, 1.807) is 36.4 Å². The third-order valence-electron chi connectivity index (χ3n) is 4.35. The van der Waals surface area contributed by atoms with Crippen molar-refractivity contribution in [2.45, 2.75) is 24.7 Å². The Morgan fingerprint density at radius 3 is 2.00 bits per heavy atom. The molecule has 162 valence electrons. The van der Waals surface area contributed by atoms with Gasteiger partial charge in [0.25, 0.3) is 0 Å². The van der Waals surface area contributed by atoms with E-state index in [0.717, 1.165) is 25.1 Å². The standard InChI is InChI=1S/C23H25N3O4S/c1-2-3-17-24-18-11-15-22(16-12-18)31(28,29)30-21-13-9-20(10-14-21)26-23(27)25-19-7-5-4-6-8-19/h4-16,24H,2-3,17H2,1H3,(H2,25,26,27). The van der Waals surface area contributed by atoms with E-state index in [1.165, 1.54) is 24.3 Å². The summed E-state index contributed by atoms with van der Waals surface area (Å²) in [5, 5.41) is 8.62. The Labute approximate surface area is 182 Å². The van der Waals surface area contributed by atoms with Gasteiger partial charge in [-0.3, -0.25) is 0 Å². The Morgan fingerprint density at radius 1 is 0.806 bits per heavy atom. The van der Waals surface area contributed by atoms with Crippen molar-refractivity contribution in [3.05, 3.63) is 78.9 Å². The highest BCUT2D eigenvalue weighted by Crippen LogP contribution is 2.22. The summed E-state index contributed by atoms with van der Waals surface area (Å²) in [7, 11) is -3.96. The monoisotopic (exact) mass is 439 g/mol. The van der Waals surface area contributed by atoms with Crippen LogP contribution in [0.3, 0.4) is 0 Å². The van der Waals surface area contributed by atoms with Crippen molar-refractivity contribution in [1.82, 2.24) is 0 Å². The summed E-state index contributed by atoms with van der Waals surface area (Å²) in [6, 6.07) is 21.2. The van der Waals surface area contributed by atoms with Gasteiger partial charge in [0.2, 0.25) is 0 Å². The molecule has 0 saturated carbocycles. The first-order valence-electron chi connectivity index (χ1n) is 9.98. The van der Waals surface area contributed by atoms with E-state index in [1.807, 2.05) is 18.2 Å². The molecule has 0 aliphatic rings. The molecular weight excluding hydrogens is 414 g/mol. The number of hydrogen-bond donors (Lipinski definition) is 3. The van der Waals surface area contributed by atoms with Crippen molar-refractivity contribution in [2.24, 2.45) is 0 Å². The van der Waals surface area contributed by atoms with E-state index in [4.69, 9.17) is 4.18 Å². The lowest BCUT2D eigenvalue weighted by Gasteiger charge is -2.10. The van der Waals surface area contributed by atoms with Gasteiger partial charge in [-0.2, -0.15) is 8.42 Å². The zero-order valence-electron chi connectivity index (χ0n) is 17.2. The zero-order chi connectivity index (χ0) is 22.1. The molecular formula is C23H25N3O4S. The maximum absolute atomic E-state index is 12.5. The number of benzene rings is 3. The maximum atomic E-state index is 12.5. The Balaban J connectivity index is 1.57. The van der Waals surface area contributed by atoms with E-state index in [9.17, 15) is 13.2 Å². The number of nitrogens with one attached hydrogen (secondary N) is 3. The fourth-order valence-corrected chi connectivity index (χ4v) is 3.66. The average molecular weight is 440 g/mol. The Hall–Kier alpha value is -3.52. The van der Waals surface area contributed by atoms with Crippen LogP contribution in [0, 0.1) is 0 Å². The molecule has 0 fully saturated rings. The van der Waals surface area contributed by atoms with E-state index in [2.05, 4.69) is 22.9 Å². The molecule has 2 amide bonds. The van der Waals surface area contributed by atoms with Crippen LogP contribution in [-0.4, -0.2) is 21.0 Å². The highest BCUT2D eigenvalue weighted by molar-refractivity contribution is 7.87. The van der Waals surface area contributed by atoms with Gasteiger partial charge in [0.1, 0.15) is 10.6 Å². The summed E-state index contributed by atoms with van der Waals surface area (Å²) in [5.41, 5.74) is 2.02. The van der Waals surface area contributed by atoms with Crippen LogP contribution in [-0.2, 0) is 10.1 Å². The van der Waals surface area contributed by atoms with Crippen LogP contribution in [0.2, 0.25) is 0 Å². The van der Waals surface area contributed by atoms with Crippen LogP contribution in [0.25, 0.3) is 0 Å². The molecule has 0 unspecified atom stereocenters. The van der Waals surface area contributed by atoms with Gasteiger partial charge in [-0.1, -0.05) is 31.5 Å². The molecule has 0 spiro atoms. The number of rotatable bonds is 9. The van der Waals surface area contributed by atoms with Gasteiger partial charge in [-0.05, 0) is 67.1 Å². The largest absolute Gasteiger partial charge is 0.385 e. The van der Waals surface area contributed by atoms with Gasteiger partial charge in [-0.15, -0.1) is 0 Å². The van der Waals surface area contributed by atoms with Crippen molar-refractivity contribution >= 4 is 33.2 Å². The van der Waals surface area contributed by atoms with Crippen molar-refractivity contribution < 1.29 is 17.4 Å². The molecule has 0 bridgehead atoms. The molecule has 0 saturated heterocycles. The summed E-state index contributed by atoms with van der Waals surface area (Å²) in [6.07, 6.45) is 2.13. The highest BCUT2D eigenvalue weighted by Gasteiger charge is 2.16. The number of carbonyl (C=O) groups is 1. The third-order valence-corrected chi connectivity index (χ3v) is 5.61. The van der Waals surface area contributed by atoms with Crippen LogP contribution in [0.4, 0.5) is 21.9 Å². The first kappa shape index (κ1) is 22.2. The van der Waals surface area contributed by atoms with Crippen LogP contribution in [0.1, 0.15) is 19.8 Å². The molecule has 0 aliphatic carbocycles. The van der Waals surface area contributed by atoms with E-state index in [0.29, 0.717) is 11.4 Å². The quantitative estimate of drug-likeness (QED) is 0.310. The number of hydrogen-bond acceptors (Lipinski definition) is 5. The smallest absolute Gasteiger partial charge is 0.339 e. The number of urea groups is 1. The summed E-state index contributed by atoms with van der Waals surface area (Å²) in [6.45, 7) is 2.94. The van der Waals surface area contributed by atoms with Crippen LogP contribution < -0.4 is 20.1 Å². The van der Waals surface area contributed by atoms with Gasteiger partial charge >= 0.3 is 16.1 Å². The Morgan fingerprint density at radius 2 is 1.39 bits per heavy atom. The molecule has 7 nitrogen and oxygen atoms in total. The maximum Gasteiger partial charge on any atom is 0.339 e. The van der Waals surface area contributed by atoms with Gasteiger partial charge in [-0.25, -0.2) is 4.79 Å². The van der Waals surface area contributed by atoms with E-state index >= 15 is 0 Å². The van der Waals surface area contributed by atoms with Gasteiger partial charge < -0.3 is 20.1 Å². The molecule has 3 aromatic carbocycles. The number of carbonyl (C=O) groups excluding carboxylic acids is 1. The number of para-hydroxylation sites is 1. The molecule has 3 rings (SSSR count). The summed E-state index contributed by atoms with van der Waals surface area (Å²) in [5.74, 6) is 0.152. The topological polar surface area (TPSA) is 96.5 Å². The molecule has 3 aromatic rings. The molecule has 31 heavy (non-hydrogen) atoms. The number of anilines is 3. The van der Waals surface area contributed by atoms with Gasteiger partial charge in [0.15, 0.2) is 0 Å². The number of amides is 2. The summed E-state index contributed by atoms with van der Waals surface area (Å²) >= 11 is 0. The van der Waals surface area contributed by atoms with Crippen molar-refractivity contribution in [2.75, 3.05) is 22.5 Å². The normalized spacial score (nSPS) is 10.9. The molecule has 0 aliphatic heterocycles. The first-order valence-corrected chi connectivity index (χ1v) is 11.4. The van der Waals surface area contributed by atoms with Crippen molar-refractivity contribution in [3.63, 3.8) is 0 Å². The molecule has 0 radical (unpaired) electrons. The second kappa shape index (κ2) is 10.5. The molecule has 0 aromatic heterocycles. The minimum Gasteiger partial charge on any atom is -0.385 e. The lowest BCUT2D eigenvalue weighted by atomic mass is 10.3. The molecule has 0 heterocycles. The molecule has 3 N–H and O–H groups in total. The average Bonchev–Trinajstić information content (AvgIpc) is 2.76. The minimum absolute atomic E-state index is 0.0676. The second-order valence-electron chi connectivity index (χ2n) is 6.81. The van der Waals surface area contributed by atoms with Crippen molar-refractivity contribution in [3.8, 4) is 5.75 Å². The Kier molecular flexibility index (Phi) is 7.50. The predicted molar refractivity (Wildman–Crippen MR) is 123 cm³/mol. The van der Waals surface area contributed by atoms with Gasteiger partial charge in [0, 0.05) is 23.6 Å². The first-order chi connectivity index (χ1) is 15.0. The lowest BCUT2D eigenvalue weighted by molar-refractivity contribution is 0.262. The Bertz CT molecular complexity index is 1080. The van der Waals surface area contributed by atoms with Crippen LogP contribution in [0.5, 0.6) is 5.75 Å². The molecule has 8 heteroatoms.